The number of carbonyl (C=O) groups is 1. The van der Waals surface area contributed by atoms with Crippen molar-refractivity contribution in [3.05, 3.63) is 35.6 Å². The Balaban J connectivity index is 1.52. The average molecular weight is 302 g/mol. The molecule has 1 fully saturated rings. The van der Waals surface area contributed by atoms with E-state index >= 15 is 0 Å². The van der Waals surface area contributed by atoms with Gasteiger partial charge in [0.15, 0.2) is 0 Å². The Morgan fingerprint density at radius 2 is 2.00 bits per heavy atom. The third-order valence-corrected chi connectivity index (χ3v) is 4.22. The third-order valence-electron chi connectivity index (χ3n) is 4.22. The summed E-state index contributed by atoms with van der Waals surface area (Å²) in [6, 6.07) is 7.76. The van der Waals surface area contributed by atoms with E-state index < -0.39 is 0 Å². The standard InChI is InChI=1S/C17H22N2O3/c1-12-15(14-4-2-3-5-16(14)22-12)11-19-17(20)18-10-13-6-8-21-9-7-13/h2-5,13H,6-11H2,1H3,(H2,18,19,20). The van der Waals surface area contributed by atoms with Crippen LogP contribution in [0.25, 0.3) is 11.0 Å². The molecule has 0 saturated carbocycles. The second-order valence-corrected chi connectivity index (χ2v) is 5.75. The fourth-order valence-corrected chi connectivity index (χ4v) is 2.86. The molecule has 0 spiro atoms. The van der Waals surface area contributed by atoms with Crippen LogP contribution >= 0.6 is 0 Å². The quantitative estimate of drug-likeness (QED) is 0.912. The normalized spacial score (nSPS) is 15.9. The number of nitrogens with one attached hydrogen (secondary N) is 2. The molecule has 1 aromatic heterocycles. The van der Waals surface area contributed by atoms with Crippen LogP contribution in [0.1, 0.15) is 24.2 Å². The van der Waals surface area contributed by atoms with E-state index in [0.29, 0.717) is 19.0 Å². The number of fused-ring (bicyclic) bond motifs is 1. The molecule has 5 heteroatoms. The number of ether oxygens (including phenoxy) is 1. The summed E-state index contributed by atoms with van der Waals surface area (Å²) in [5.74, 6) is 1.38. The number of urea groups is 1. The number of rotatable bonds is 4. The predicted octanol–water partition coefficient (Wildman–Crippen LogP) is 2.97. The molecule has 1 aromatic carbocycles. The first-order chi connectivity index (χ1) is 10.7. The molecule has 118 valence electrons. The van der Waals surface area contributed by atoms with Crippen molar-refractivity contribution in [2.45, 2.75) is 26.3 Å². The Kier molecular flexibility index (Phi) is 4.63. The minimum atomic E-state index is -0.129. The molecule has 22 heavy (non-hydrogen) atoms. The maximum Gasteiger partial charge on any atom is 0.315 e. The number of furan rings is 1. The number of benzene rings is 1. The van der Waals surface area contributed by atoms with E-state index in [0.717, 1.165) is 48.3 Å². The molecule has 0 aliphatic carbocycles. The fourth-order valence-electron chi connectivity index (χ4n) is 2.86. The van der Waals surface area contributed by atoms with Gasteiger partial charge in [-0.1, -0.05) is 18.2 Å². The number of amides is 2. The summed E-state index contributed by atoms with van der Waals surface area (Å²) in [4.78, 5) is 11.9. The molecule has 2 amide bonds. The zero-order valence-electron chi connectivity index (χ0n) is 12.9. The third kappa shape index (κ3) is 3.42. The van der Waals surface area contributed by atoms with Crippen LogP contribution < -0.4 is 10.6 Å². The van der Waals surface area contributed by atoms with E-state index in [1.54, 1.807) is 0 Å². The second kappa shape index (κ2) is 6.83. The molecular formula is C17H22N2O3. The molecule has 1 aliphatic rings. The molecule has 2 N–H and O–H groups in total. The zero-order valence-corrected chi connectivity index (χ0v) is 12.9. The maximum atomic E-state index is 11.9. The molecule has 1 aliphatic heterocycles. The zero-order chi connectivity index (χ0) is 15.4. The van der Waals surface area contributed by atoms with Gasteiger partial charge in [-0.15, -0.1) is 0 Å². The monoisotopic (exact) mass is 302 g/mol. The van der Waals surface area contributed by atoms with Crippen molar-refractivity contribution in [1.82, 2.24) is 10.6 Å². The molecule has 0 radical (unpaired) electrons. The molecule has 3 rings (SSSR count). The van der Waals surface area contributed by atoms with Gasteiger partial charge in [0.2, 0.25) is 0 Å². The molecule has 1 saturated heterocycles. The van der Waals surface area contributed by atoms with Gasteiger partial charge in [-0.3, -0.25) is 0 Å². The molecule has 0 bridgehead atoms. The van der Waals surface area contributed by atoms with Crippen LogP contribution in [0.15, 0.2) is 28.7 Å². The van der Waals surface area contributed by atoms with Gasteiger partial charge in [0.25, 0.3) is 0 Å². The van der Waals surface area contributed by atoms with Crippen molar-refractivity contribution in [3.63, 3.8) is 0 Å². The number of hydrogen-bond acceptors (Lipinski definition) is 3. The van der Waals surface area contributed by atoms with Gasteiger partial charge in [-0.2, -0.15) is 0 Å². The van der Waals surface area contributed by atoms with Gasteiger partial charge in [0, 0.05) is 37.3 Å². The van der Waals surface area contributed by atoms with Gasteiger partial charge in [0.05, 0.1) is 0 Å². The SMILES string of the molecule is Cc1oc2ccccc2c1CNC(=O)NCC1CCOCC1. The van der Waals surface area contributed by atoms with Crippen molar-refractivity contribution in [3.8, 4) is 0 Å². The van der Waals surface area contributed by atoms with Crippen molar-refractivity contribution in [1.29, 1.82) is 0 Å². The van der Waals surface area contributed by atoms with Crippen molar-refractivity contribution in [2.24, 2.45) is 5.92 Å². The van der Waals surface area contributed by atoms with Crippen LogP contribution in [0.3, 0.4) is 0 Å². The van der Waals surface area contributed by atoms with Gasteiger partial charge in [0.1, 0.15) is 11.3 Å². The lowest BCUT2D eigenvalue weighted by atomic mass is 10.0. The molecular weight excluding hydrogens is 280 g/mol. The minimum absolute atomic E-state index is 0.129. The highest BCUT2D eigenvalue weighted by Gasteiger charge is 2.15. The van der Waals surface area contributed by atoms with Gasteiger partial charge >= 0.3 is 6.03 Å². The van der Waals surface area contributed by atoms with Crippen LogP contribution in [0.4, 0.5) is 4.79 Å². The summed E-state index contributed by atoms with van der Waals surface area (Å²) in [6.45, 7) is 4.71. The van der Waals surface area contributed by atoms with E-state index in [1.807, 2.05) is 31.2 Å². The van der Waals surface area contributed by atoms with E-state index in [9.17, 15) is 4.79 Å². The number of aryl methyl sites for hydroxylation is 1. The molecule has 0 atom stereocenters. The van der Waals surface area contributed by atoms with Gasteiger partial charge < -0.3 is 19.8 Å². The summed E-state index contributed by atoms with van der Waals surface area (Å²) in [5.41, 5.74) is 1.90. The fraction of sp³-hybridized carbons (Fsp3) is 0.471. The van der Waals surface area contributed by atoms with E-state index in [4.69, 9.17) is 9.15 Å². The van der Waals surface area contributed by atoms with Crippen molar-refractivity contribution >= 4 is 17.0 Å². The van der Waals surface area contributed by atoms with E-state index in [1.165, 1.54) is 0 Å². The molecule has 2 heterocycles. The highest BCUT2D eigenvalue weighted by Crippen LogP contribution is 2.24. The van der Waals surface area contributed by atoms with Crippen LogP contribution in [0, 0.1) is 12.8 Å². The van der Waals surface area contributed by atoms with E-state index in [-0.39, 0.29) is 6.03 Å². The van der Waals surface area contributed by atoms with Crippen LogP contribution in [-0.2, 0) is 11.3 Å². The first-order valence-corrected chi connectivity index (χ1v) is 7.80. The first-order valence-electron chi connectivity index (χ1n) is 7.80. The van der Waals surface area contributed by atoms with Crippen LogP contribution in [0.2, 0.25) is 0 Å². The minimum Gasteiger partial charge on any atom is -0.461 e. The first kappa shape index (κ1) is 14.9. The van der Waals surface area contributed by atoms with E-state index in [2.05, 4.69) is 10.6 Å². The lowest BCUT2D eigenvalue weighted by Crippen LogP contribution is -2.39. The Morgan fingerprint density at radius 3 is 2.82 bits per heavy atom. The summed E-state index contributed by atoms with van der Waals surface area (Å²) in [5, 5.41) is 6.92. The lowest BCUT2D eigenvalue weighted by Gasteiger charge is -2.22. The summed E-state index contributed by atoms with van der Waals surface area (Å²) < 4.78 is 11.0. The Morgan fingerprint density at radius 1 is 1.23 bits per heavy atom. The Labute approximate surface area is 130 Å². The smallest absolute Gasteiger partial charge is 0.315 e. The maximum absolute atomic E-state index is 11.9. The van der Waals surface area contributed by atoms with Crippen molar-refractivity contribution < 1.29 is 13.9 Å². The molecule has 5 nitrogen and oxygen atoms in total. The summed E-state index contributed by atoms with van der Waals surface area (Å²) >= 11 is 0. The second-order valence-electron chi connectivity index (χ2n) is 5.75. The topological polar surface area (TPSA) is 63.5 Å². The Hall–Kier alpha value is -2.01. The molecule has 2 aromatic rings. The van der Waals surface area contributed by atoms with Gasteiger partial charge in [-0.25, -0.2) is 4.79 Å². The Bertz CT molecular complexity index is 644. The lowest BCUT2D eigenvalue weighted by molar-refractivity contribution is 0.0669. The number of hydrogen-bond donors (Lipinski definition) is 2. The summed E-state index contributed by atoms with van der Waals surface area (Å²) in [7, 11) is 0. The largest absolute Gasteiger partial charge is 0.461 e. The highest BCUT2D eigenvalue weighted by molar-refractivity contribution is 5.83. The van der Waals surface area contributed by atoms with Crippen LogP contribution in [-0.4, -0.2) is 25.8 Å². The average Bonchev–Trinajstić information content (AvgIpc) is 2.87. The van der Waals surface area contributed by atoms with Crippen molar-refractivity contribution in [2.75, 3.05) is 19.8 Å². The highest BCUT2D eigenvalue weighted by atomic mass is 16.5. The molecule has 0 unspecified atom stereocenters. The van der Waals surface area contributed by atoms with Crippen LogP contribution in [0.5, 0.6) is 0 Å². The number of para-hydroxylation sites is 1. The number of carbonyl (C=O) groups excluding carboxylic acids is 1. The predicted molar refractivity (Wildman–Crippen MR) is 84.7 cm³/mol. The van der Waals surface area contributed by atoms with Gasteiger partial charge in [-0.05, 0) is 31.7 Å². The summed E-state index contributed by atoms with van der Waals surface area (Å²) in [6.07, 6.45) is 2.04.